The summed E-state index contributed by atoms with van der Waals surface area (Å²) in [6.07, 6.45) is 3.42. The second-order valence-corrected chi connectivity index (χ2v) is 10.2. The van der Waals surface area contributed by atoms with Crippen LogP contribution in [0.25, 0.3) is 22.2 Å². The van der Waals surface area contributed by atoms with Gasteiger partial charge in [0.15, 0.2) is 0 Å². The molecule has 2 atom stereocenters. The Bertz CT molecular complexity index is 1180. The predicted molar refractivity (Wildman–Crippen MR) is 149 cm³/mol. The van der Waals surface area contributed by atoms with Gasteiger partial charge in [0.2, 0.25) is 0 Å². The molecule has 3 fully saturated rings. The highest BCUT2D eigenvalue weighted by Crippen LogP contribution is 2.39. The molecule has 0 spiro atoms. The maximum Gasteiger partial charge on any atom is 0.0733 e. The number of pyridine rings is 1. The number of nitrogens with one attached hydrogen (secondary N) is 2. The van der Waals surface area contributed by atoms with E-state index < -0.39 is 0 Å². The summed E-state index contributed by atoms with van der Waals surface area (Å²) in [6, 6.07) is 18.3. The van der Waals surface area contributed by atoms with Crippen LogP contribution < -0.4 is 15.5 Å². The molecular formula is C31H40N4. The van der Waals surface area contributed by atoms with Crippen LogP contribution in [0, 0.1) is 17.8 Å². The minimum Gasteiger partial charge on any atom is -0.389 e. The van der Waals surface area contributed by atoms with E-state index in [0.29, 0.717) is 11.8 Å². The highest BCUT2D eigenvalue weighted by atomic mass is 15.2. The summed E-state index contributed by atoms with van der Waals surface area (Å²) in [5, 5.41) is 8.15. The monoisotopic (exact) mass is 468 g/mol. The van der Waals surface area contributed by atoms with E-state index in [9.17, 15) is 0 Å². The van der Waals surface area contributed by atoms with Crippen molar-refractivity contribution in [3.05, 3.63) is 71.9 Å². The van der Waals surface area contributed by atoms with Gasteiger partial charge in [-0.05, 0) is 67.4 Å². The Balaban J connectivity index is 0.00000124. The van der Waals surface area contributed by atoms with Crippen molar-refractivity contribution >= 4 is 16.6 Å². The van der Waals surface area contributed by atoms with Crippen LogP contribution in [0.3, 0.4) is 0 Å². The molecule has 4 heteroatoms. The average Bonchev–Trinajstić information content (AvgIpc) is 3.32. The standard InChI is InChI=1S/C29H34N4.C2H6/c1-3-20-6-9-25-28(13-20)32-27(23-7-4-21(5-8-23)12-22-15-30-16-22)14-29(25)33-17-24-10-11-31-19(2)26(24)18-33;1-2/h4-9,13-14,22,24,26,30-31H,2-3,10-12,15-18H2,1H3;1-2H3. The van der Waals surface area contributed by atoms with E-state index in [1.54, 1.807) is 0 Å². The molecule has 3 aliphatic rings. The molecule has 1 aromatic heterocycles. The summed E-state index contributed by atoms with van der Waals surface area (Å²) in [5.74, 6) is 2.03. The number of hydrogen-bond donors (Lipinski definition) is 2. The van der Waals surface area contributed by atoms with E-state index in [0.717, 1.165) is 62.7 Å². The maximum absolute atomic E-state index is 5.14. The molecule has 184 valence electrons. The molecule has 2 aromatic carbocycles. The molecule has 0 radical (unpaired) electrons. The minimum atomic E-state index is 0.542. The molecule has 35 heavy (non-hydrogen) atoms. The number of nitrogens with zero attached hydrogens (tertiary/aromatic N) is 2. The first-order valence-corrected chi connectivity index (χ1v) is 13.6. The summed E-state index contributed by atoms with van der Waals surface area (Å²) in [5.41, 5.74) is 8.71. The summed E-state index contributed by atoms with van der Waals surface area (Å²) in [7, 11) is 0. The molecule has 2 unspecified atom stereocenters. The number of piperidine rings is 1. The molecule has 6 rings (SSSR count). The van der Waals surface area contributed by atoms with Crippen LogP contribution in [0.15, 0.2) is 60.8 Å². The van der Waals surface area contributed by atoms with Crippen LogP contribution >= 0.6 is 0 Å². The van der Waals surface area contributed by atoms with Crippen LogP contribution in [-0.2, 0) is 12.8 Å². The van der Waals surface area contributed by atoms with E-state index in [2.05, 4.69) is 77.6 Å². The zero-order chi connectivity index (χ0) is 24.4. The fourth-order valence-corrected chi connectivity index (χ4v) is 5.83. The summed E-state index contributed by atoms with van der Waals surface area (Å²) in [6.45, 7) is 16.0. The Morgan fingerprint density at radius 2 is 1.77 bits per heavy atom. The van der Waals surface area contributed by atoms with Crippen LogP contribution in [0.2, 0.25) is 0 Å². The van der Waals surface area contributed by atoms with Gasteiger partial charge in [0.05, 0.1) is 11.2 Å². The number of anilines is 1. The van der Waals surface area contributed by atoms with E-state index in [1.807, 2.05) is 13.8 Å². The van der Waals surface area contributed by atoms with Crippen LogP contribution in [0.1, 0.15) is 38.3 Å². The van der Waals surface area contributed by atoms with Gasteiger partial charge in [-0.3, -0.25) is 0 Å². The van der Waals surface area contributed by atoms with Crippen LogP contribution in [0.4, 0.5) is 5.69 Å². The Morgan fingerprint density at radius 3 is 2.46 bits per heavy atom. The number of hydrogen-bond acceptors (Lipinski definition) is 4. The van der Waals surface area contributed by atoms with E-state index in [-0.39, 0.29) is 0 Å². The summed E-state index contributed by atoms with van der Waals surface area (Å²) < 4.78 is 0. The highest BCUT2D eigenvalue weighted by molar-refractivity contribution is 5.95. The van der Waals surface area contributed by atoms with Gasteiger partial charge < -0.3 is 15.5 Å². The van der Waals surface area contributed by atoms with Crippen molar-refractivity contribution in [3.8, 4) is 11.3 Å². The number of benzene rings is 2. The average molecular weight is 469 g/mol. The predicted octanol–water partition coefficient (Wildman–Crippen LogP) is 5.81. The smallest absolute Gasteiger partial charge is 0.0733 e. The van der Waals surface area contributed by atoms with Gasteiger partial charge in [0, 0.05) is 47.9 Å². The number of fused-ring (bicyclic) bond motifs is 2. The lowest BCUT2D eigenvalue weighted by molar-refractivity contribution is 0.346. The molecule has 0 bridgehead atoms. The van der Waals surface area contributed by atoms with Crippen molar-refractivity contribution in [2.24, 2.45) is 17.8 Å². The molecule has 0 aliphatic carbocycles. The van der Waals surface area contributed by atoms with Gasteiger partial charge in [-0.15, -0.1) is 0 Å². The normalized spacial score (nSPS) is 21.7. The quantitative estimate of drug-likeness (QED) is 0.496. The first-order valence-electron chi connectivity index (χ1n) is 13.6. The molecule has 4 nitrogen and oxygen atoms in total. The van der Waals surface area contributed by atoms with Gasteiger partial charge in [0.1, 0.15) is 0 Å². The fourth-order valence-electron chi connectivity index (χ4n) is 5.83. The van der Waals surface area contributed by atoms with Crippen LogP contribution in [0.5, 0.6) is 0 Å². The molecule has 3 aliphatic heterocycles. The van der Waals surface area contributed by atoms with Crippen molar-refractivity contribution in [1.82, 2.24) is 15.6 Å². The summed E-state index contributed by atoms with van der Waals surface area (Å²) in [4.78, 5) is 7.73. The van der Waals surface area contributed by atoms with Crippen LogP contribution in [-0.4, -0.2) is 37.7 Å². The molecule has 3 aromatic rings. The van der Waals surface area contributed by atoms with Gasteiger partial charge in [-0.2, -0.15) is 0 Å². The lowest BCUT2D eigenvalue weighted by atomic mass is 9.87. The Hall–Kier alpha value is -2.85. The molecule has 0 saturated carbocycles. The molecule has 2 N–H and O–H groups in total. The van der Waals surface area contributed by atoms with Gasteiger partial charge in [-0.25, -0.2) is 4.98 Å². The highest BCUT2D eigenvalue weighted by Gasteiger charge is 2.37. The van der Waals surface area contributed by atoms with Crippen molar-refractivity contribution < 1.29 is 0 Å². The Labute approximate surface area is 210 Å². The van der Waals surface area contributed by atoms with E-state index in [1.165, 1.54) is 39.9 Å². The van der Waals surface area contributed by atoms with E-state index >= 15 is 0 Å². The third-order valence-corrected chi connectivity index (χ3v) is 8.00. The third kappa shape index (κ3) is 4.81. The molecule has 0 amide bonds. The number of aryl methyl sites for hydroxylation is 1. The zero-order valence-electron chi connectivity index (χ0n) is 21.6. The van der Waals surface area contributed by atoms with E-state index in [4.69, 9.17) is 4.98 Å². The van der Waals surface area contributed by atoms with Gasteiger partial charge >= 0.3 is 0 Å². The fraction of sp³-hybridized carbons (Fsp3) is 0.452. The number of rotatable bonds is 5. The molecule has 3 saturated heterocycles. The van der Waals surface area contributed by atoms with Gasteiger partial charge in [0.25, 0.3) is 0 Å². The SMILES string of the molecule is C=C1NCCC2CN(c3cc(-c4ccc(CC5CNC5)cc4)nc4cc(CC)ccc34)CC12.CC. The molecule has 4 heterocycles. The first kappa shape index (κ1) is 23.9. The van der Waals surface area contributed by atoms with Gasteiger partial charge in [-0.1, -0.05) is 63.7 Å². The lowest BCUT2D eigenvalue weighted by Crippen LogP contribution is -2.43. The zero-order valence-corrected chi connectivity index (χ0v) is 21.6. The third-order valence-electron chi connectivity index (χ3n) is 8.00. The lowest BCUT2D eigenvalue weighted by Gasteiger charge is -2.27. The number of aromatic nitrogens is 1. The van der Waals surface area contributed by atoms with Crippen molar-refractivity contribution in [2.75, 3.05) is 37.6 Å². The first-order chi connectivity index (χ1) is 17.2. The largest absolute Gasteiger partial charge is 0.389 e. The topological polar surface area (TPSA) is 40.2 Å². The Kier molecular flexibility index (Phi) is 7.10. The second kappa shape index (κ2) is 10.4. The van der Waals surface area contributed by atoms with Crippen molar-refractivity contribution in [1.29, 1.82) is 0 Å². The molecular weight excluding hydrogens is 428 g/mol. The van der Waals surface area contributed by atoms with Crippen molar-refractivity contribution in [3.63, 3.8) is 0 Å². The van der Waals surface area contributed by atoms with Crippen molar-refractivity contribution in [2.45, 2.75) is 40.0 Å². The Morgan fingerprint density at radius 1 is 1.00 bits per heavy atom. The second-order valence-electron chi connectivity index (χ2n) is 10.2. The maximum atomic E-state index is 5.14. The minimum absolute atomic E-state index is 0.542. The summed E-state index contributed by atoms with van der Waals surface area (Å²) >= 11 is 0.